The van der Waals surface area contributed by atoms with Gasteiger partial charge in [-0.15, -0.1) is 0 Å². The summed E-state index contributed by atoms with van der Waals surface area (Å²) in [6, 6.07) is 15.7. The highest BCUT2D eigenvalue weighted by atomic mass is 79.9. The topological polar surface area (TPSA) is 97.0 Å². The highest BCUT2D eigenvalue weighted by Crippen LogP contribution is 2.37. The summed E-state index contributed by atoms with van der Waals surface area (Å²) < 4.78 is 25.2. The van der Waals surface area contributed by atoms with Crippen molar-refractivity contribution in [3.05, 3.63) is 93.3 Å². The average molecular weight is 582 g/mol. The van der Waals surface area contributed by atoms with Gasteiger partial charge in [0.1, 0.15) is 11.5 Å². The fourth-order valence-corrected chi connectivity index (χ4v) is 4.27. The third-order valence-electron chi connectivity index (χ3n) is 5.54. The van der Waals surface area contributed by atoms with Crippen LogP contribution < -0.4 is 20.1 Å². The van der Waals surface area contributed by atoms with Gasteiger partial charge < -0.3 is 20.1 Å². The minimum absolute atomic E-state index is 0.00755. The van der Waals surface area contributed by atoms with Crippen LogP contribution in [0.3, 0.4) is 0 Å². The number of amides is 4. The molecule has 1 heterocycles. The van der Waals surface area contributed by atoms with Crippen LogP contribution >= 0.6 is 15.9 Å². The second kappa shape index (κ2) is 11.9. The van der Waals surface area contributed by atoms with Crippen LogP contribution in [0.2, 0.25) is 0 Å². The number of nitrogens with zero attached hydrogens (tertiary/aromatic N) is 1. The number of nitrogens with one attached hydrogen (secondary N) is 2. The number of carbonyl (C=O) groups is 3. The van der Waals surface area contributed by atoms with Crippen LogP contribution in [0.25, 0.3) is 6.08 Å². The number of halogens is 2. The van der Waals surface area contributed by atoms with Crippen LogP contribution in [-0.4, -0.2) is 36.0 Å². The molecule has 2 N–H and O–H groups in total. The Kier molecular flexibility index (Phi) is 8.42. The van der Waals surface area contributed by atoms with E-state index in [1.807, 2.05) is 19.1 Å². The molecule has 196 valence electrons. The van der Waals surface area contributed by atoms with Crippen molar-refractivity contribution in [1.82, 2.24) is 10.2 Å². The number of carbonyl (C=O) groups excluding carboxylic acids is 3. The summed E-state index contributed by atoms with van der Waals surface area (Å²) in [5.41, 5.74) is 3.00. The van der Waals surface area contributed by atoms with E-state index < -0.39 is 17.8 Å². The van der Waals surface area contributed by atoms with Crippen LogP contribution in [-0.2, 0) is 16.1 Å². The molecule has 0 radical (unpaired) electrons. The van der Waals surface area contributed by atoms with Gasteiger partial charge in [0.25, 0.3) is 11.8 Å². The van der Waals surface area contributed by atoms with E-state index in [1.165, 1.54) is 30.3 Å². The van der Waals surface area contributed by atoms with Crippen molar-refractivity contribution >= 4 is 45.5 Å². The Bertz CT molecular complexity index is 1390. The zero-order valence-electron chi connectivity index (χ0n) is 20.7. The zero-order valence-corrected chi connectivity index (χ0v) is 22.3. The molecule has 4 amide bonds. The van der Waals surface area contributed by atoms with Gasteiger partial charge in [0.2, 0.25) is 0 Å². The van der Waals surface area contributed by atoms with Crippen molar-refractivity contribution in [2.45, 2.75) is 20.4 Å². The molecular weight excluding hydrogens is 557 g/mol. The number of aryl methyl sites for hydroxylation is 1. The van der Waals surface area contributed by atoms with E-state index >= 15 is 0 Å². The lowest BCUT2D eigenvalue weighted by atomic mass is 10.1. The number of anilines is 1. The van der Waals surface area contributed by atoms with Gasteiger partial charge in [-0.05, 0) is 83.4 Å². The van der Waals surface area contributed by atoms with Crippen molar-refractivity contribution in [3.8, 4) is 11.5 Å². The molecule has 0 atom stereocenters. The predicted octanol–water partition coefficient (Wildman–Crippen LogP) is 5.41. The van der Waals surface area contributed by atoms with Crippen molar-refractivity contribution < 1.29 is 28.2 Å². The maximum Gasteiger partial charge on any atom is 0.329 e. The Morgan fingerprint density at radius 1 is 1.08 bits per heavy atom. The van der Waals surface area contributed by atoms with Gasteiger partial charge in [0.05, 0.1) is 17.6 Å². The number of urea groups is 1. The molecule has 10 heteroatoms. The number of rotatable bonds is 9. The highest BCUT2D eigenvalue weighted by molar-refractivity contribution is 9.10. The summed E-state index contributed by atoms with van der Waals surface area (Å²) in [5.74, 6) is -0.567. The van der Waals surface area contributed by atoms with Crippen molar-refractivity contribution in [1.29, 1.82) is 0 Å². The molecule has 0 spiro atoms. The van der Waals surface area contributed by atoms with Gasteiger partial charge >= 0.3 is 6.03 Å². The molecule has 3 aromatic rings. The molecule has 0 saturated carbocycles. The molecule has 3 aromatic carbocycles. The van der Waals surface area contributed by atoms with Crippen molar-refractivity contribution in [3.63, 3.8) is 0 Å². The highest BCUT2D eigenvalue weighted by Gasteiger charge is 2.33. The largest absolute Gasteiger partial charge is 0.490 e. The van der Waals surface area contributed by atoms with E-state index in [1.54, 1.807) is 31.2 Å². The Morgan fingerprint density at radius 2 is 1.79 bits per heavy atom. The lowest BCUT2D eigenvalue weighted by Crippen LogP contribution is -2.30. The minimum Gasteiger partial charge on any atom is -0.490 e. The van der Waals surface area contributed by atoms with Crippen LogP contribution in [0, 0.1) is 12.7 Å². The molecule has 38 heavy (non-hydrogen) atoms. The Hall–Kier alpha value is -4.18. The molecule has 1 aliphatic rings. The third kappa shape index (κ3) is 6.57. The number of ether oxygens (including phenoxy) is 2. The van der Waals surface area contributed by atoms with Crippen molar-refractivity contribution in [2.75, 3.05) is 18.5 Å². The van der Waals surface area contributed by atoms with Gasteiger partial charge in [-0.2, -0.15) is 0 Å². The first-order valence-electron chi connectivity index (χ1n) is 11.8. The average Bonchev–Trinajstić information content (AvgIpc) is 3.13. The number of hydrogen-bond donors (Lipinski definition) is 2. The van der Waals surface area contributed by atoms with Gasteiger partial charge in [-0.25, -0.2) is 9.18 Å². The smallest absolute Gasteiger partial charge is 0.329 e. The van der Waals surface area contributed by atoms with Crippen LogP contribution in [0.4, 0.5) is 14.9 Å². The first-order valence-corrected chi connectivity index (χ1v) is 12.6. The number of benzene rings is 3. The van der Waals surface area contributed by atoms with E-state index in [9.17, 15) is 18.8 Å². The molecule has 4 rings (SSSR count). The molecule has 1 saturated heterocycles. The summed E-state index contributed by atoms with van der Waals surface area (Å²) in [7, 11) is 0. The summed E-state index contributed by atoms with van der Waals surface area (Å²) in [4.78, 5) is 38.8. The Balaban J connectivity index is 1.48. The SMILES string of the molecule is CCOc1cc(/C=C2/NC(=O)N(Cc3ccc(F)cc3)C2=O)cc(Br)c1OCC(=O)Nc1ccc(C)cc1. The molecule has 0 aromatic heterocycles. The monoisotopic (exact) mass is 581 g/mol. The molecule has 0 bridgehead atoms. The standard InChI is InChI=1S/C28H25BrFN3O5/c1-3-37-24-14-19(12-22(29)26(24)38-16-25(34)31-21-10-4-17(2)5-11-21)13-23-27(35)33(28(36)32-23)15-18-6-8-20(30)9-7-18/h4-14H,3,15-16H2,1-2H3,(H,31,34)(H,32,36)/b23-13+. The maximum atomic E-state index is 13.2. The molecule has 0 aliphatic carbocycles. The number of imide groups is 1. The van der Waals surface area contributed by atoms with E-state index in [2.05, 4.69) is 26.6 Å². The van der Waals surface area contributed by atoms with E-state index in [-0.39, 0.29) is 24.8 Å². The molecular formula is C28H25BrFN3O5. The molecule has 1 fully saturated rings. The zero-order chi connectivity index (χ0) is 27.2. The second-order valence-corrected chi connectivity index (χ2v) is 9.33. The fourth-order valence-electron chi connectivity index (χ4n) is 3.70. The van der Waals surface area contributed by atoms with Crippen molar-refractivity contribution in [2.24, 2.45) is 0 Å². The van der Waals surface area contributed by atoms with Gasteiger partial charge in [-0.1, -0.05) is 29.8 Å². The van der Waals surface area contributed by atoms with Gasteiger partial charge in [0, 0.05) is 5.69 Å². The minimum atomic E-state index is -0.575. The van der Waals surface area contributed by atoms with E-state index in [4.69, 9.17) is 9.47 Å². The maximum absolute atomic E-state index is 13.2. The summed E-state index contributed by atoms with van der Waals surface area (Å²) in [6.07, 6.45) is 1.52. The Labute approximate surface area is 227 Å². The summed E-state index contributed by atoms with van der Waals surface area (Å²) >= 11 is 3.45. The molecule has 0 unspecified atom stereocenters. The van der Waals surface area contributed by atoms with Crippen LogP contribution in [0.5, 0.6) is 11.5 Å². The first-order chi connectivity index (χ1) is 18.2. The van der Waals surface area contributed by atoms with Crippen LogP contribution in [0.1, 0.15) is 23.6 Å². The number of hydrogen-bond acceptors (Lipinski definition) is 5. The fraction of sp³-hybridized carbons (Fsp3) is 0.179. The van der Waals surface area contributed by atoms with Gasteiger partial charge in [0.15, 0.2) is 18.1 Å². The van der Waals surface area contributed by atoms with Crippen LogP contribution in [0.15, 0.2) is 70.8 Å². The normalized spacial score (nSPS) is 14.0. The van der Waals surface area contributed by atoms with E-state index in [0.29, 0.717) is 39.4 Å². The predicted molar refractivity (Wildman–Crippen MR) is 144 cm³/mol. The summed E-state index contributed by atoms with van der Waals surface area (Å²) in [5, 5.41) is 5.34. The van der Waals surface area contributed by atoms with E-state index in [0.717, 1.165) is 10.5 Å². The molecule has 8 nitrogen and oxygen atoms in total. The first kappa shape index (κ1) is 26.9. The summed E-state index contributed by atoms with van der Waals surface area (Å²) in [6.45, 7) is 3.86. The second-order valence-electron chi connectivity index (χ2n) is 8.47. The third-order valence-corrected chi connectivity index (χ3v) is 6.13. The lowest BCUT2D eigenvalue weighted by molar-refractivity contribution is -0.123. The lowest BCUT2D eigenvalue weighted by Gasteiger charge is -2.15. The quantitative estimate of drug-likeness (QED) is 0.260. The Morgan fingerprint density at radius 3 is 2.47 bits per heavy atom. The molecule has 1 aliphatic heterocycles. The van der Waals surface area contributed by atoms with Gasteiger partial charge in [-0.3, -0.25) is 14.5 Å².